The van der Waals surface area contributed by atoms with Crippen molar-refractivity contribution in [1.29, 1.82) is 0 Å². The van der Waals surface area contributed by atoms with E-state index in [4.69, 9.17) is 5.73 Å². The lowest BCUT2D eigenvalue weighted by Crippen LogP contribution is -2.43. The number of rotatable bonds is 4. The Labute approximate surface area is 160 Å². The quantitative estimate of drug-likeness (QED) is 0.792. The molecule has 1 saturated heterocycles. The molecule has 1 aliphatic rings. The summed E-state index contributed by atoms with van der Waals surface area (Å²) in [5, 5.41) is 11.3. The monoisotopic (exact) mass is 383 g/mol. The second-order valence-corrected chi connectivity index (χ2v) is 5.83. The highest BCUT2D eigenvalue weighted by molar-refractivity contribution is 5.85. The van der Waals surface area contributed by atoms with Crippen molar-refractivity contribution in [3.05, 3.63) is 48.2 Å². The largest absolute Gasteiger partial charge is 0.399 e. The zero-order valence-corrected chi connectivity index (χ0v) is 15.4. The molecule has 0 unspecified atom stereocenters. The zero-order valence-electron chi connectivity index (χ0n) is 13.8. The van der Waals surface area contributed by atoms with Crippen molar-refractivity contribution >= 4 is 42.2 Å². The van der Waals surface area contributed by atoms with Crippen LogP contribution < -0.4 is 11.1 Å². The normalized spacial score (nSPS) is 14.2. The topological polar surface area (TPSA) is 84.1 Å². The number of carbonyl (C=O) groups excluding carboxylic acids is 1. The highest BCUT2D eigenvalue weighted by Crippen LogP contribution is 2.16. The molecule has 3 N–H and O–H groups in total. The SMILES string of the molecule is Cl.Cl.Nc1ccc(CC(=O)N2CCC(Nc3cccnn3)CC2)cc1. The number of aromatic nitrogens is 2. The molecule has 0 bridgehead atoms. The number of nitrogens with one attached hydrogen (secondary N) is 1. The molecule has 0 atom stereocenters. The molecule has 1 aliphatic heterocycles. The van der Waals surface area contributed by atoms with Crippen LogP contribution >= 0.6 is 24.8 Å². The molecule has 1 amide bonds. The lowest BCUT2D eigenvalue weighted by molar-refractivity contribution is -0.131. The number of hydrogen-bond acceptors (Lipinski definition) is 5. The van der Waals surface area contributed by atoms with Crippen LogP contribution in [0.25, 0.3) is 0 Å². The second-order valence-electron chi connectivity index (χ2n) is 5.83. The van der Waals surface area contributed by atoms with Gasteiger partial charge in [0.15, 0.2) is 0 Å². The Morgan fingerprint density at radius 2 is 1.84 bits per heavy atom. The van der Waals surface area contributed by atoms with Crippen LogP contribution in [0.1, 0.15) is 18.4 Å². The van der Waals surface area contributed by atoms with Gasteiger partial charge in [-0.3, -0.25) is 4.79 Å². The number of halogens is 2. The smallest absolute Gasteiger partial charge is 0.226 e. The van der Waals surface area contributed by atoms with Crippen molar-refractivity contribution in [2.75, 3.05) is 24.1 Å². The summed E-state index contributed by atoms with van der Waals surface area (Å²) >= 11 is 0. The lowest BCUT2D eigenvalue weighted by Gasteiger charge is -2.32. The van der Waals surface area contributed by atoms with Gasteiger partial charge in [-0.2, -0.15) is 5.10 Å². The highest BCUT2D eigenvalue weighted by atomic mass is 35.5. The zero-order chi connectivity index (χ0) is 16.1. The molecule has 0 spiro atoms. The molecule has 25 heavy (non-hydrogen) atoms. The summed E-state index contributed by atoms with van der Waals surface area (Å²) in [5.41, 5.74) is 7.39. The minimum Gasteiger partial charge on any atom is -0.399 e. The molecule has 1 aromatic heterocycles. The van der Waals surface area contributed by atoms with Crippen LogP contribution in [0, 0.1) is 0 Å². The number of benzene rings is 1. The van der Waals surface area contributed by atoms with Crippen molar-refractivity contribution in [3.8, 4) is 0 Å². The van der Waals surface area contributed by atoms with E-state index >= 15 is 0 Å². The number of amides is 1. The average molecular weight is 384 g/mol. The van der Waals surface area contributed by atoms with E-state index < -0.39 is 0 Å². The number of carbonyl (C=O) groups is 1. The summed E-state index contributed by atoms with van der Waals surface area (Å²) in [6.45, 7) is 1.54. The Morgan fingerprint density at radius 3 is 2.44 bits per heavy atom. The van der Waals surface area contributed by atoms with E-state index in [-0.39, 0.29) is 30.7 Å². The van der Waals surface area contributed by atoms with Crippen LogP contribution in [0.5, 0.6) is 0 Å². The summed E-state index contributed by atoms with van der Waals surface area (Å²) in [7, 11) is 0. The van der Waals surface area contributed by atoms with Crippen LogP contribution in [0.3, 0.4) is 0 Å². The molecule has 8 heteroatoms. The summed E-state index contributed by atoms with van der Waals surface area (Å²) in [4.78, 5) is 14.3. The minimum absolute atomic E-state index is 0. The minimum atomic E-state index is 0. The summed E-state index contributed by atoms with van der Waals surface area (Å²) in [5.74, 6) is 0.965. The first-order valence-electron chi connectivity index (χ1n) is 7.87. The first kappa shape index (κ1) is 21.0. The van der Waals surface area contributed by atoms with Crippen molar-refractivity contribution in [2.45, 2.75) is 25.3 Å². The Bertz CT molecular complexity index is 646. The van der Waals surface area contributed by atoms with Gasteiger partial charge in [0, 0.05) is 31.0 Å². The van der Waals surface area contributed by atoms with Crippen LogP contribution in [-0.2, 0) is 11.2 Å². The fourth-order valence-electron chi connectivity index (χ4n) is 2.78. The molecule has 0 saturated carbocycles. The van der Waals surface area contributed by atoms with Gasteiger partial charge in [-0.05, 0) is 42.7 Å². The average Bonchev–Trinajstić information content (AvgIpc) is 2.58. The van der Waals surface area contributed by atoms with Crippen LogP contribution in [0.4, 0.5) is 11.5 Å². The van der Waals surface area contributed by atoms with Gasteiger partial charge in [0.2, 0.25) is 5.91 Å². The van der Waals surface area contributed by atoms with E-state index in [0.29, 0.717) is 12.5 Å². The van der Waals surface area contributed by atoms with E-state index in [1.165, 1.54) is 0 Å². The third kappa shape index (κ3) is 6.07. The molecule has 1 fully saturated rings. The van der Waals surface area contributed by atoms with Gasteiger partial charge in [0.25, 0.3) is 0 Å². The predicted octanol–water partition coefficient (Wildman–Crippen LogP) is 2.55. The van der Waals surface area contributed by atoms with Crippen molar-refractivity contribution in [2.24, 2.45) is 0 Å². The van der Waals surface area contributed by atoms with Gasteiger partial charge in [0.1, 0.15) is 5.82 Å². The molecule has 136 valence electrons. The standard InChI is InChI=1S/C17H21N5O.2ClH/c18-14-5-3-13(4-6-14)12-17(23)22-10-7-15(8-11-22)20-16-2-1-9-19-21-16;;/h1-6,9,15H,7-8,10-12,18H2,(H,20,21);2*1H. The van der Waals surface area contributed by atoms with E-state index in [0.717, 1.165) is 43.0 Å². The molecule has 0 aliphatic carbocycles. The number of anilines is 2. The third-order valence-electron chi connectivity index (χ3n) is 4.11. The number of likely N-dealkylation sites (tertiary alicyclic amines) is 1. The maximum atomic E-state index is 12.4. The summed E-state index contributed by atoms with van der Waals surface area (Å²) < 4.78 is 0. The molecule has 2 aromatic rings. The van der Waals surface area contributed by atoms with Crippen LogP contribution in [-0.4, -0.2) is 40.1 Å². The molecule has 3 rings (SSSR count). The number of nitrogens with zero attached hydrogens (tertiary/aromatic N) is 3. The van der Waals surface area contributed by atoms with Crippen LogP contribution in [0.15, 0.2) is 42.6 Å². The lowest BCUT2D eigenvalue weighted by atomic mass is 10.0. The fraction of sp³-hybridized carbons (Fsp3) is 0.353. The Hall–Kier alpha value is -2.05. The first-order valence-corrected chi connectivity index (χ1v) is 7.87. The van der Waals surface area contributed by atoms with Gasteiger partial charge < -0.3 is 16.0 Å². The number of piperidine rings is 1. The summed E-state index contributed by atoms with van der Waals surface area (Å²) in [6, 6.07) is 11.6. The number of nitrogen functional groups attached to an aromatic ring is 1. The predicted molar refractivity (Wildman–Crippen MR) is 104 cm³/mol. The Morgan fingerprint density at radius 1 is 1.16 bits per heavy atom. The molecular weight excluding hydrogens is 361 g/mol. The maximum absolute atomic E-state index is 12.4. The van der Waals surface area contributed by atoms with Crippen molar-refractivity contribution in [1.82, 2.24) is 15.1 Å². The Kier molecular flexibility index (Phi) is 8.45. The highest BCUT2D eigenvalue weighted by Gasteiger charge is 2.22. The molecular formula is C17H23Cl2N5O. The number of hydrogen-bond donors (Lipinski definition) is 2. The van der Waals surface area contributed by atoms with E-state index in [1.54, 1.807) is 6.20 Å². The maximum Gasteiger partial charge on any atom is 0.226 e. The summed E-state index contributed by atoms with van der Waals surface area (Å²) in [6.07, 6.45) is 3.93. The van der Waals surface area contributed by atoms with Gasteiger partial charge in [0.05, 0.1) is 6.42 Å². The Balaban J connectivity index is 0.00000156. The first-order chi connectivity index (χ1) is 11.2. The number of nitrogens with two attached hydrogens (primary N) is 1. The molecule has 2 heterocycles. The molecule has 0 radical (unpaired) electrons. The van der Waals surface area contributed by atoms with E-state index in [9.17, 15) is 4.79 Å². The molecule has 6 nitrogen and oxygen atoms in total. The fourth-order valence-corrected chi connectivity index (χ4v) is 2.78. The van der Waals surface area contributed by atoms with Gasteiger partial charge >= 0.3 is 0 Å². The van der Waals surface area contributed by atoms with Gasteiger partial charge in [-0.15, -0.1) is 29.9 Å². The van der Waals surface area contributed by atoms with E-state index in [1.807, 2.05) is 41.3 Å². The van der Waals surface area contributed by atoms with Crippen LogP contribution in [0.2, 0.25) is 0 Å². The van der Waals surface area contributed by atoms with Crippen molar-refractivity contribution in [3.63, 3.8) is 0 Å². The molecule has 1 aromatic carbocycles. The van der Waals surface area contributed by atoms with Gasteiger partial charge in [-0.25, -0.2) is 0 Å². The second kappa shape index (κ2) is 10.1. The third-order valence-corrected chi connectivity index (χ3v) is 4.11. The van der Waals surface area contributed by atoms with E-state index in [2.05, 4.69) is 15.5 Å². The van der Waals surface area contributed by atoms with Gasteiger partial charge in [-0.1, -0.05) is 12.1 Å². The van der Waals surface area contributed by atoms with Crippen molar-refractivity contribution < 1.29 is 4.79 Å².